The summed E-state index contributed by atoms with van der Waals surface area (Å²) in [7, 11) is 0. The highest BCUT2D eigenvalue weighted by Crippen LogP contribution is 2.37. The summed E-state index contributed by atoms with van der Waals surface area (Å²) in [6, 6.07) is 5.10. The summed E-state index contributed by atoms with van der Waals surface area (Å²) in [5, 5.41) is -0.141. The maximum absolute atomic E-state index is 13.0. The zero-order valence-corrected chi connectivity index (χ0v) is 13.0. The van der Waals surface area contributed by atoms with Gasteiger partial charge >= 0.3 is 12.4 Å². The van der Waals surface area contributed by atoms with Crippen molar-refractivity contribution >= 4 is 17.9 Å². The lowest BCUT2D eigenvalue weighted by atomic mass is 10.0. The number of alkyl halides is 6. The van der Waals surface area contributed by atoms with E-state index >= 15 is 0 Å². The van der Waals surface area contributed by atoms with Crippen molar-refractivity contribution in [3.8, 4) is 5.75 Å². The third kappa shape index (κ3) is 4.45. The lowest BCUT2D eigenvalue weighted by Crippen LogP contribution is -2.14. The van der Waals surface area contributed by atoms with Gasteiger partial charge in [-0.25, -0.2) is 0 Å². The van der Waals surface area contributed by atoms with E-state index in [0.717, 1.165) is 0 Å². The van der Waals surface area contributed by atoms with Crippen molar-refractivity contribution in [1.29, 1.82) is 0 Å². The molecule has 0 aliphatic heterocycles. The molecule has 0 saturated heterocycles. The van der Waals surface area contributed by atoms with Crippen molar-refractivity contribution in [3.05, 3.63) is 63.7 Å². The van der Waals surface area contributed by atoms with Gasteiger partial charge in [-0.15, -0.1) is 0 Å². The molecule has 2 aromatic rings. The monoisotopic (exact) mass is 382 g/mol. The predicted octanol–water partition coefficient (Wildman–Crippen LogP) is 5.77. The molecule has 0 bridgehead atoms. The standard InChI is InChI=1S/C16H9ClF6O2/c17-14-9(7-24)2-1-3-13(14)25-8-10-6-11(15(18,19)20)4-5-12(10)16(21,22)23/h1-7H,8H2. The van der Waals surface area contributed by atoms with Gasteiger partial charge < -0.3 is 4.74 Å². The van der Waals surface area contributed by atoms with Crippen molar-refractivity contribution in [1.82, 2.24) is 0 Å². The highest BCUT2D eigenvalue weighted by molar-refractivity contribution is 6.34. The second-order valence-electron chi connectivity index (χ2n) is 4.93. The van der Waals surface area contributed by atoms with Crippen molar-refractivity contribution < 1.29 is 35.9 Å². The third-order valence-electron chi connectivity index (χ3n) is 3.24. The van der Waals surface area contributed by atoms with Gasteiger partial charge in [0.25, 0.3) is 0 Å². The molecule has 2 rings (SSSR count). The molecule has 9 heteroatoms. The quantitative estimate of drug-likeness (QED) is 0.495. The van der Waals surface area contributed by atoms with E-state index in [9.17, 15) is 31.1 Å². The third-order valence-corrected chi connectivity index (χ3v) is 3.65. The highest BCUT2D eigenvalue weighted by atomic mass is 35.5. The van der Waals surface area contributed by atoms with E-state index in [1.807, 2.05) is 0 Å². The van der Waals surface area contributed by atoms with Gasteiger partial charge in [-0.1, -0.05) is 17.7 Å². The van der Waals surface area contributed by atoms with Crippen LogP contribution < -0.4 is 4.74 Å². The molecule has 0 atom stereocenters. The van der Waals surface area contributed by atoms with Crippen LogP contribution in [-0.4, -0.2) is 6.29 Å². The molecule has 0 heterocycles. The van der Waals surface area contributed by atoms with Crippen LogP contribution in [0.2, 0.25) is 5.02 Å². The Balaban J connectivity index is 2.39. The van der Waals surface area contributed by atoms with Gasteiger partial charge in [0.1, 0.15) is 12.4 Å². The Labute approximate surface area is 143 Å². The van der Waals surface area contributed by atoms with Crippen molar-refractivity contribution in [2.75, 3.05) is 0 Å². The van der Waals surface area contributed by atoms with Crippen molar-refractivity contribution in [2.45, 2.75) is 19.0 Å². The minimum atomic E-state index is -4.85. The topological polar surface area (TPSA) is 26.3 Å². The Morgan fingerprint density at radius 3 is 2.24 bits per heavy atom. The molecule has 2 nitrogen and oxygen atoms in total. The van der Waals surface area contributed by atoms with E-state index in [2.05, 4.69) is 0 Å². The molecule has 0 aromatic heterocycles. The van der Waals surface area contributed by atoms with Crippen molar-refractivity contribution in [3.63, 3.8) is 0 Å². The Hall–Kier alpha value is -2.22. The second kappa shape index (κ2) is 6.95. The number of halogens is 7. The fourth-order valence-corrected chi connectivity index (χ4v) is 2.28. The first kappa shape index (κ1) is 19.1. The molecule has 0 fully saturated rings. The Bertz CT molecular complexity index is 783. The Morgan fingerprint density at radius 2 is 1.68 bits per heavy atom. The number of benzene rings is 2. The average Bonchev–Trinajstić information content (AvgIpc) is 2.52. The molecule has 25 heavy (non-hydrogen) atoms. The fourth-order valence-electron chi connectivity index (χ4n) is 2.05. The summed E-state index contributed by atoms with van der Waals surface area (Å²) in [4.78, 5) is 10.8. The van der Waals surface area contributed by atoms with E-state index in [-0.39, 0.29) is 16.3 Å². The molecule has 0 saturated carbocycles. The van der Waals surface area contributed by atoms with Gasteiger partial charge in [0, 0.05) is 11.1 Å². The Morgan fingerprint density at radius 1 is 1.00 bits per heavy atom. The minimum Gasteiger partial charge on any atom is -0.487 e. The Kier molecular flexibility index (Phi) is 5.31. The number of hydrogen-bond donors (Lipinski definition) is 0. The minimum absolute atomic E-state index is 0.0410. The largest absolute Gasteiger partial charge is 0.487 e. The zero-order valence-electron chi connectivity index (χ0n) is 12.2. The number of hydrogen-bond acceptors (Lipinski definition) is 2. The van der Waals surface area contributed by atoms with Crippen LogP contribution in [0.15, 0.2) is 36.4 Å². The average molecular weight is 383 g/mol. The number of carbonyl (C=O) groups excluding carboxylic acids is 1. The summed E-state index contributed by atoms with van der Waals surface area (Å²) >= 11 is 5.85. The summed E-state index contributed by atoms with van der Waals surface area (Å²) < 4.78 is 82.3. The molecule has 0 N–H and O–H groups in total. The van der Waals surface area contributed by atoms with E-state index in [1.165, 1.54) is 18.2 Å². The molecule has 2 aromatic carbocycles. The number of carbonyl (C=O) groups is 1. The van der Waals surface area contributed by atoms with Crippen LogP contribution in [0.3, 0.4) is 0 Å². The molecule has 0 aliphatic rings. The van der Waals surface area contributed by atoms with Gasteiger partial charge in [-0.2, -0.15) is 26.3 Å². The smallest absolute Gasteiger partial charge is 0.416 e. The van der Waals surface area contributed by atoms with Crippen LogP contribution in [0.4, 0.5) is 26.3 Å². The summed E-state index contributed by atoms with van der Waals surface area (Å²) in [5.74, 6) is -0.114. The van der Waals surface area contributed by atoms with Crippen LogP contribution in [0.5, 0.6) is 5.75 Å². The zero-order chi connectivity index (χ0) is 18.8. The molecule has 0 unspecified atom stereocenters. The van der Waals surface area contributed by atoms with Crippen molar-refractivity contribution in [2.24, 2.45) is 0 Å². The summed E-state index contributed by atoms with van der Waals surface area (Å²) in [6.07, 6.45) is -9.23. The number of rotatable bonds is 4. The lowest BCUT2D eigenvalue weighted by Gasteiger charge is -2.17. The molecule has 0 spiro atoms. The van der Waals surface area contributed by atoms with Gasteiger partial charge in [0.2, 0.25) is 0 Å². The van der Waals surface area contributed by atoms with Gasteiger partial charge in [-0.05, 0) is 30.3 Å². The van der Waals surface area contributed by atoms with E-state index in [4.69, 9.17) is 16.3 Å². The molecule has 0 amide bonds. The molecular formula is C16H9ClF6O2. The lowest BCUT2D eigenvalue weighted by molar-refractivity contribution is -0.142. The second-order valence-corrected chi connectivity index (χ2v) is 5.31. The molecular weight excluding hydrogens is 374 g/mol. The molecule has 0 radical (unpaired) electrons. The first-order chi connectivity index (χ1) is 11.5. The van der Waals surface area contributed by atoms with E-state index in [0.29, 0.717) is 24.5 Å². The van der Waals surface area contributed by atoms with E-state index in [1.54, 1.807) is 0 Å². The van der Waals surface area contributed by atoms with E-state index < -0.39 is 35.6 Å². The number of aldehydes is 1. The SMILES string of the molecule is O=Cc1cccc(OCc2cc(C(F)(F)F)ccc2C(F)(F)F)c1Cl. The number of ether oxygens (including phenoxy) is 1. The van der Waals surface area contributed by atoms with Gasteiger partial charge in [-0.3, -0.25) is 4.79 Å². The summed E-state index contributed by atoms with van der Waals surface area (Å²) in [5.41, 5.74) is -3.14. The maximum atomic E-state index is 13.0. The molecule has 0 aliphatic carbocycles. The predicted molar refractivity (Wildman–Crippen MR) is 77.6 cm³/mol. The van der Waals surface area contributed by atoms with Crippen LogP contribution in [0.25, 0.3) is 0 Å². The summed E-state index contributed by atoms with van der Waals surface area (Å²) in [6.45, 7) is -0.805. The highest BCUT2D eigenvalue weighted by Gasteiger charge is 2.37. The normalized spacial score (nSPS) is 12.1. The van der Waals surface area contributed by atoms with Crippen LogP contribution >= 0.6 is 11.6 Å². The first-order valence-corrected chi connectivity index (χ1v) is 7.05. The van der Waals surface area contributed by atoms with Gasteiger partial charge in [0.15, 0.2) is 6.29 Å². The fraction of sp³-hybridized carbons (Fsp3) is 0.188. The van der Waals surface area contributed by atoms with Crippen LogP contribution in [0, 0.1) is 0 Å². The molecule has 134 valence electrons. The van der Waals surface area contributed by atoms with Gasteiger partial charge in [0.05, 0.1) is 16.1 Å². The van der Waals surface area contributed by atoms with Crippen LogP contribution in [-0.2, 0) is 19.0 Å². The first-order valence-electron chi connectivity index (χ1n) is 6.68. The van der Waals surface area contributed by atoms with Crippen LogP contribution in [0.1, 0.15) is 27.0 Å². The maximum Gasteiger partial charge on any atom is 0.416 e.